The average molecular weight is 407 g/mol. The van der Waals surface area contributed by atoms with Crippen molar-refractivity contribution in [3.8, 4) is 22.8 Å². The van der Waals surface area contributed by atoms with Gasteiger partial charge in [-0.1, -0.05) is 11.2 Å². The summed E-state index contributed by atoms with van der Waals surface area (Å²) < 4.78 is 29.4. The zero-order chi connectivity index (χ0) is 21.3. The van der Waals surface area contributed by atoms with Gasteiger partial charge in [0, 0.05) is 11.3 Å². The lowest BCUT2D eigenvalue weighted by Crippen LogP contribution is -2.14. The summed E-state index contributed by atoms with van der Waals surface area (Å²) in [6.07, 6.45) is 0. The second-order valence-electron chi connectivity index (χ2n) is 6.52. The number of halogens is 1. The summed E-state index contributed by atoms with van der Waals surface area (Å²) in [6.45, 7) is 1.75. The molecule has 0 saturated heterocycles. The molecule has 0 spiro atoms. The molecule has 1 amide bonds. The van der Waals surface area contributed by atoms with Gasteiger partial charge in [0.15, 0.2) is 11.5 Å². The fourth-order valence-electron chi connectivity index (χ4n) is 3.23. The third-order valence-corrected chi connectivity index (χ3v) is 4.59. The zero-order valence-corrected chi connectivity index (χ0v) is 16.5. The Morgan fingerprint density at radius 3 is 2.57 bits per heavy atom. The van der Waals surface area contributed by atoms with Crippen LogP contribution in [-0.4, -0.2) is 30.3 Å². The summed E-state index contributed by atoms with van der Waals surface area (Å²) in [5.74, 6) is 0.120. The summed E-state index contributed by atoms with van der Waals surface area (Å²) in [7, 11) is 3.01. The Morgan fingerprint density at radius 2 is 1.87 bits per heavy atom. The molecule has 0 aliphatic heterocycles. The van der Waals surface area contributed by atoms with Crippen LogP contribution in [-0.2, 0) is 0 Å². The van der Waals surface area contributed by atoms with Gasteiger partial charge in [0.05, 0.1) is 30.9 Å². The molecule has 2 heterocycles. The van der Waals surface area contributed by atoms with Gasteiger partial charge in [-0.05, 0) is 49.4 Å². The number of nitrogens with one attached hydrogen (secondary N) is 1. The van der Waals surface area contributed by atoms with E-state index in [9.17, 15) is 9.18 Å². The first-order valence-corrected chi connectivity index (χ1v) is 9.07. The molecule has 0 radical (unpaired) electrons. The summed E-state index contributed by atoms with van der Waals surface area (Å²) in [6, 6.07) is 12.6. The third kappa shape index (κ3) is 3.43. The van der Waals surface area contributed by atoms with Crippen molar-refractivity contribution < 1.29 is 23.2 Å². The molecule has 2 aromatic heterocycles. The Balaban J connectivity index is 1.82. The molecule has 0 saturated carbocycles. The number of benzene rings is 2. The minimum Gasteiger partial charge on any atom is -0.493 e. The van der Waals surface area contributed by atoms with Crippen LogP contribution in [0.2, 0.25) is 0 Å². The van der Waals surface area contributed by atoms with Gasteiger partial charge in [0.2, 0.25) is 0 Å². The monoisotopic (exact) mass is 407 g/mol. The van der Waals surface area contributed by atoms with Crippen molar-refractivity contribution in [3.05, 3.63) is 65.6 Å². The maximum atomic E-state index is 13.3. The fourth-order valence-corrected chi connectivity index (χ4v) is 3.23. The number of aryl methyl sites for hydroxylation is 1. The van der Waals surface area contributed by atoms with Gasteiger partial charge >= 0.3 is 0 Å². The molecular weight excluding hydrogens is 389 g/mol. The summed E-state index contributed by atoms with van der Waals surface area (Å²) >= 11 is 0. The van der Waals surface area contributed by atoms with Crippen molar-refractivity contribution in [3.63, 3.8) is 0 Å². The van der Waals surface area contributed by atoms with Crippen LogP contribution in [0.5, 0.6) is 11.5 Å². The van der Waals surface area contributed by atoms with E-state index in [1.807, 2.05) is 0 Å². The number of rotatable bonds is 5. The highest BCUT2D eigenvalue weighted by Crippen LogP contribution is 2.36. The summed E-state index contributed by atoms with van der Waals surface area (Å²) in [5, 5.41) is 7.35. The number of aromatic nitrogens is 2. The first-order chi connectivity index (χ1) is 14.5. The zero-order valence-electron chi connectivity index (χ0n) is 16.5. The standard InChI is InChI=1S/C22H18FN3O4/c1-12-11-15(21(27)25-16-5-4-6-17(28-2)20(16)29-3)18-19(26-30-22(18)24-12)13-7-9-14(23)10-8-13/h4-11H,1-3H3,(H,25,27). The molecule has 0 aliphatic carbocycles. The van der Waals surface area contributed by atoms with Crippen LogP contribution in [0.1, 0.15) is 16.1 Å². The number of hydrogen-bond donors (Lipinski definition) is 1. The molecule has 8 heteroatoms. The number of nitrogens with zero attached hydrogens (tertiary/aromatic N) is 2. The molecule has 0 unspecified atom stereocenters. The van der Waals surface area contributed by atoms with Gasteiger partial charge in [-0.2, -0.15) is 0 Å². The molecule has 1 N–H and O–H groups in total. The van der Waals surface area contributed by atoms with Crippen molar-refractivity contribution in [2.45, 2.75) is 6.92 Å². The number of pyridine rings is 1. The molecule has 0 fully saturated rings. The highest BCUT2D eigenvalue weighted by molar-refractivity contribution is 6.15. The van der Waals surface area contributed by atoms with Crippen molar-refractivity contribution in [1.29, 1.82) is 0 Å². The highest BCUT2D eigenvalue weighted by atomic mass is 19.1. The maximum Gasteiger partial charge on any atom is 0.259 e. The number of hydrogen-bond acceptors (Lipinski definition) is 6. The van der Waals surface area contributed by atoms with Crippen molar-refractivity contribution in [2.75, 3.05) is 19.5 Å². The van der Waals surface area contributed by atoms with Crippen molar-refractivity contribution >= 4 is 22.7 Å². The fraction of sp³-hybridized carbons (Fsp3) is 0.136. The van der Waals surface area contributed by atoms with Crippen molar-refractivity contribution in [1.82, 2.24) is 10.1 Å². The third-order valence-electron chi connectivity index (χ3n) is 4.59. The van der Waals surface area contributed by atoms with Gasteiger partial charge < -0.3 is 19.3 Å². The van der Waals surface area contributed by atoms with Gasteiger partial charge in [0.1, 0.15) is 11.5 Å². The van der Waals surface area contributed by atoms with Gasteiger partial charge in [0.25, 0.3) is 11.6 Å². The summed E-state index contributed by atoms with van der Waals surface area (Å²) in [4.78, 5) is 17.5. The summed E-state index contributed by atoms with van der Waals surface area (Å²) in [5.41, 5.74) is 2.59. The van der Waals surface area contributed by atoms with E-state index in [0.717, 1.165) is 0 Å². The number of carbonyl (C=O) groups is 1. The molecule has 0 atom stereocenters. The minimum absolute atomic E-state index is 0.220. The predicted octanol–water partition coefficient (Wildman–Crippen LogP) is 4.61. The minimum atomic E-state index is -0.399. The Morgan fingerprint density at radius 1 is 1.10 bits per heavy atom. The van der Waals surface area contributed by atoms with Crippen LogP contribution in [0.4, 0.5) is 10.1 Å². The molecule has 0 bridgehead atoms. The Bertz CT molecular complexity index is 1240. The van der Waals surface area contributed by atoms with Crippen molar-refractivity contribution in [2.24, 2.45) is 0 Å². The second-order valence-corrected chi connectivity index (χ2v) is 6.52. The van der Waals surface area contributed by atoms with Crippen LogP contribution in [0.3, 0.4) is 0 Å². The predicted molar refractivity (Wildman–Crippen MR) is 109 cm³/mol. The van der Waals surface area contributed by atoms with E-state index >= 15 is 0 Å². The number of methoxy groups -OCH3 is 2. The molecule has 152 valence electrons. The van der Waals surface area contributed by atoms with E-state index < -0.39 is 5.91 Å². The lowest BCUT2D eigenvalue weighted by atomic mass is 10.0. The van der Waals surface area contributed by atoms with Gasteiger partial charge in [-0.15, -0.1) is 0 Å². The normalized spacial score (nSPS) is 10.8. The van der Waals surface area contributed by atoms with Crippen LogP contribution < -0.4 is 14.8 Å². The number of amides is 1. The molecular formula is C22H18FN3O4. The van der Waals surface area contributed by atoms with E-state index in [0.29, 0.717) is 45.1 Å². The quantitative estimate of drug-likeness (QED) is 0.520. The molecule has 30 heavy (non-hydrogen) atoms. The van der Waals surface area contributed by atoms with E-state index in [2.05, 4.69) is 15.5 Å². The van der Waals surface area contributed by atoms with Gasteiger partial charge in [-0.25, -0.2) is 9.37 Å². The first-order valence-electron chi connectivity index (χ1n) is 9.07. The Labute approximate surface area is 171 Å². The van der Waals surface area contributed by atoms with Crippen LogP contribution >= 0.6 is 0 Å². The first kappa shape index (κ1) is 19.4. The topological polar surface area (TPSA) is 86.5 Å². The number of carbonyl (C=O) groups excluding carboxylic acids is 1. The average Bonchev–Trinajstić information content (AvgIpc) is 3.17. The number of para-hydroxylation sites is 1. The molecule has 4 rings (SSSR count). The van der Waals surface area contributed by atoms with Crippen LogP contribution in [0, 0.1) is 12.7 Å². The van der Waals surface area contributed by atoms with E-state index in [1.54, 1.807) is 43.3 Å². The van der Waals surface area contributed by atoms with Crippen LogP contribution in [0.25, 0.3) is 22.4 Å². The maximum absolute atomic E-state index is 13.3. The Hall–Kier alpha value is -3.94. The smallest absolute Gasteiger partial charge is 0.259 e. The van der Waals surface area contributed by atoms with E-state index in [-0.39, 0.29) is 11.5 Å². The lowest BCUT2D eigenvalue weighted by molar-refractivity contribution is 0.102. The number of ether oxygens (including phenoxy) is 2. The lowest BCUT2D eigenvalue weighted by Gasteiger charge is -2.14. The molecule has 2 aromatic carbocycles. The number of anilines is 1. The van der Waals surface area contributed by atoms with E-state index in [4.69, 9.17) is 14.0 Å². The Kier molecular flexibility index (Phi) is 5.05. The second kappa shape index (κ2) is 7.82. The largest absolute Gasteiger partial charge is 0.493 e. The van der Waals surface area contributed by atoms with E-state index in [1.165, 1.54) is 26.4 Å². The highest BCUT2D eigenvalue weighted by Gasteiger charge is 2.22. The van der Waals surface area contributed by atoms with Gasteiger partial charge in [-0.3, -0.25) is 4.79 Å². The molecule has 7 nitrogen and oxygen atoms in total. The number of fused-ring (bicyclic) bond motifs is 1. The molecule has 0 aliphatic rings. The SMILES string of the molecule is COc1cccc(NC(=O)c2cc(C)nc3onc(-c4ccc(F)cc4)c23)c1OC. The van der Waals surface area contributed by atoms with Crippen LogP contribution in [0.15, 0.2) is 53.1 Å². The molecule has 4 aromatic rings.